The molecule has 0 saturated heterocycles. The van der Waals surface area contributed by atoms with Crippen LogP contribution in [0.3, 0.4) is 0 Å². The minimum Gasteiger partial charge on any atom is -0.497 e. The monoisotopic (exact) mass is 407 g/mol. The van der Waals surface area contributed by atoms with Crippen molar-refractivity contribution in [2.24, 2.45) is 10.7 Å². The second-order valence-electron chi connectivity index (χ2n) is 4.65. The van der Waals surface area contributed by atoms with Gasteiger partial charge in [0.2, 0.25) is 0 Å². The lowest BCUT2D eigenvalue weighted by molar-refractivity contribution is 0.399. The molecule has 6 heteroatoms. The maximum absolute atomic E-state index is 5.82. The molecule has 0 aliphatic heterocycles. The van der Waals surface area contributed by atoms with Crippen molar-refractivity contribution < 1.29 is 9.47 Å². The van der Waals surface area contributed by atoms with Gasteiger partial charge in [-0.2, -0.15) is 0 Å². The van der Waals surface area contributed by atoms with Gasteiger partial charge in [-0.3, -0.25) is 4.99 Å². The Hall–Kier alpha value is -1.18. The highest BCUT2D eigenvalue weighted by molar-refractivity contribution is 14.0. The van der Waals surface area contributed by atoms with Crippen LogP contribution in [-0.2, 0) is 6.42 Å². The SMILES string of the molecule is CCC(C)NC(N)=NCCc1cc(OC)ccc1OC.I. The predicted molar refractivity (Wildman–Crippen MR) is 98.0 cm³/mol. The minimum atomic E-state index is 0. The highest BCUT2D eigenvalue weighted by atomic mass is 127. The summed E-state index contributed by atoms with van der Waals surface area (Å²) in [5.41, 5.74) is 6.89. The first-order chi connectivity index (χ1) is 9.60. The average molecular weight is 407 g/mol. The van der Waals surface area contributed by atoms with Gasteiger partial charge in [0.15, 0.2) is 5.96 Å². The summed E-state index contributed by atoms with van der Waals surface area (Å²) in [6.45, 7) is 4.79. The number of methoxy groups -OCH3 is 2. The molecule has 0 bridgehead atoms. The van der Waals surface area contributed by atoms with Crippen molar-refractivity contribution in [2.45, 2.75) is 32.7 Å². The van der Waals surface area contributed by atoms with E-state index < -0.39 is 0 Å². The molecule has 1 atom stereocenters. The van der Waals surface area contributed by atoms with E-state index in [1.807, 2.05) is 18.2 Å². The lowest BCUT2D eigenvalue weighted by Crippen LogP contribution is -2.38. The Bertz CT molecular complexity index is 453. The van der Waals surface area contributed by atoms with Crippen LogP contribution in [0.2, 0.25) is 0 Å². The van der Waals surface area contributed by atoms with E-state index in [0.717, 1.165) is 29.9 Å². The van der Waals surface area contributed by atoms with Crippen LogP contribution in [0.15, 0.2) is 23.2 Å². The Labute approximate surface area is 144 Å². The number of aliphatic imine (C=N–C) groups is 1. The van der Waals surface area contributed by atoms with Gasteiger partial charge in [0.05, 0.1) is 14.2 Å². The van der Waals surface area contributed by atoms with Gasteiger partial charge in [0.1, 0.15) is 11.5 Å². The van der Waals surface area contributed by atoms with Crippen molar-refractivity contribution in [1.82, 2.24) is 5.32 Å². The zero-order chi connectivity index (χ0) is 15.0. The molecule has 1 rings (SSSR count). The molecule has 0 aromatic heterocycles. The number of halogens is 1. The van der Waals surface area contributed by atoms with Gasteiger partial charge >= 0.3 is 0 Å². The summed E-state index contributed by atoms with van der Waals surface area (Å²) in [5.74, 6) is 2.14. The summed E-state index contributed by atoms with van der Waals surface area (Å²) in [6, 6.07) is 6.08. The molecule has 21 heavy (non-hydrogen) atoms. The number of hydrogen-bond acceptors (Lipinski definition) is 3. The number of rotatable bonds is 7. The lowest BCUT2D eigenvalue weighted by Gasteiger charge is -2.12. The van der Waals surface area contributed by atoms with Crippen molar-refractivity contribution in [2.75, 3.05) is 20.8 Å². The standard InChI is InChI=1S/C15H25N3O2.HI/c1-5-11(2)18-15(16)17-9-8-12-10-13(19-3)6-7-14(12)20-4;/h6-7,10-11H,5,8-9H2,1-4H3,(H3,16,17,18);1H. The van der Waals surface area contributed by atoms with Gasteiger partial charge in [-0.1, -0.05) is 6.92 Å². The van der Waals surface area contributed by atoms with Crippen LogP contribution in [0.5, 0.6) is 11.5 Å². The third kappa shape index (κ3) is 6.88. The van der Waals surface area contributed by atoms with E-state index in [1.54, 1.807) is 14.2 Å². The van der Waals surface area contributed by atoms with Crippen LogP contribution in [0.25, 0.3) is 0 Å². The number of guanidine groups is 1. The first-order valence-electron chi connectivity index (χ1n) is 6.88. The first-order valence-corrected chi connectivity index (χ1v) is 6.88. The van der Waals surface area contributed by atoms with Gasteiger partial charge in [-0.05, 0) is 43.5 Å². The van der Waals surface area contributed by atoms with Gasteiger partial charge < -0.3 is 20.5 Å². The number of ether oxygens (including phenoxy) is 2. The van der Waals surface area contributed by atoms with E-state index in [-0.39, 0.29) is 24.0 Å². The van der Waals surface area contributed by atoms with E-state index in [0.29, 0.717) is 18.5 Å². The number of nitrogens with one attached hydrogen (secondary N) is 1. The molecule has 0 aliphatic rings. The second kappa shape index (κ2) is 10.5. The minimum absolute atomic E-state index is 0. The summed E-state index contributed by atoms with van der Waals surface area (Å²) in [5, 5.41) is 3.14. The number of benzene rings is 1. The van der Waals surface area contributed by atoms with Crippen LogP contribution in [0.4, 0.5) is 0 Å². The van der Waals surface area contributed by atoms with E-state index >= 15 is 0 Å². The van der Waals surface area contributed by atoms with Gasteiger partial charge in [0.25, 0.3) is 0 Å². The van der Waals surface area contributed by atoms with Crippen molar-refractivity contribution in [1.29, 1.82) is 0 Å². The van der Waals surface area contributed by atoms with Crippen molar-refractivity contribution >= 4 is 29.9 Å². The largest absolute Gasteiger partial charge is 0.497 e. The molecule has 120 valence electrons. The summed E-state index contributed by atoms with van der Waals surface area (Å²) in [4.78, 5) is 4.33. The van der Waals surface area contributed by atoms with E-state index in [4.69, 9.17) is 15.2 Å². The molecule has 0 aliphatic carbocycles. The van der Waals surface area contributed by atoms with E-state index in [1.165, 1.54) is 0 Å². The van der Waals surface area contributed by atoms with Crippen molar-refractivity contribution in [3.05, 3.63) is 23.8 Å². The Morgan fingerprint density at radius 3 is 2.62 bits per heavy atom. The molecule has 1 aromatic rings. The Morgan fingerprint density at radius 2 is 2.05 bits per heavy atom. The van der Waals surface area contributed by atoms with Crippen LogP contribution < -0.4 is 20.5 Å². The van der Waals surface area contributed by atoms with Crippen molar-refractivity contribution in [3.63, 3.8) is 0 Å². The zero-order valence-electron chi connectivity index (χ0n) is 13.2. The molecule has 0 spiro atoms. The summed E-state index contributed by atoms with van der Waals surface area (Å²) in [7, 11) is 3.31. The van der Waals surface area contributed by atoms with Crippen LogP contribution in [-0.4, -0.2) is 32.8 Å². The lowest BCUT2D eigenvalue weighted by atomic mass is 10.1. The van der Waals surface area contributed by atoms with Gasteiger partial charge in [-0.15, -0.1) is 24.0 Å². The molecule has 0 saturated carbocycles. The molecule has 0 heterocycles. The van der Waals surface area contributed by atoms with Gasteiger partial charge in [-0.25, -0.2) is 0 Å². The zero-order valence-corrected chi connectivity index (χ0v) is 15.5. The fourth-order valence-electron chi connectivity index (χ4n) is 1.77. The highest BCUT2D eigenvalue weighted by Crippen LogP contribution is 2.24. The molecule has 5 nitrogen and oxygen atoms in total. The summed E-state index contributed by atoms with van der Waals surface area (Å²) < 4.78 is 10.6. The molecule has 0 amide bonds. The van der Waals surface area contributed by atoms with Gasteiger partial charge in [0, 0.05) is 12.6 Å². The molecular formula is C15H26IN3O2. The molecule has 0 radical (unpaired) electrons. The van der Waals surface area contributed by atoms with Crippen molar-refractivity contribution in [3.8, 4) is 11.5 Å². The Kier molecular flexibility index (Phi) is 9.94. The normalized spacial score (nSPS) is 12.3. The van der Waals surface area contributed by atoms with Crippen LogP contribution in [0.1, 0.15) is 25.8 Å². The molecular weight excluding hydrogens is 381 g/mol. The first kappa shape index (κ1) is 19.8. The molecule has 1 aromatic carbocycles. The maximum Gasteiger partial charge on any atom is 0.188 e. The Balaban J connectivity index is 0.00000400. The Morgan fingerprint density at radius 1 is 1.33 bits per heavy atom. The summed E-state index contributed by atoms with van der Waals surface area (Å²) >= 11 is 0. The van der Waals surface area contributed by atoms with Crippen LogP contribution in [0, 0.1) is 0 Å². The maximum atomic E-state index is 5.82. The topological polar surface area (TPSA) is 68.9 Å². The number of hydrogen-bond donors (Lipinski definition) is 2. The molecule has 3 N–H and O–H groups in total. The predicted octanol–water partition coefficient (Wildman–Crippen LogP) is 2.57. The highest BCUT2D eigenvalue weighted by Gasteiger charge is 2.05. The fraction of sp³-hybridized carbons (Fsp3) is 0.533. The molecule has 1 unspecified atom stereocenters. The van der Waals surface area contributed by atoms with E-state index in [9.17, 15) is 0 Å². The second-order valence-corrected chi connectivity index (χ2v) is 4.65. The average Bonchev–Trinajstić information content (AvgIpc) is 2.46. The quantitative estimate of drug-likeness (QED) is 0.414. The van der Waals surface area contributed by atoms with Crippen LogP contribution >= 0.6 is 24.0 Å². The number of nitrogens with two attached hydrogens (primary N) is 1. The third-order valence-electron chi connectivity index (χ3n) is 3.16. The smallest absolute Gasteiger partial charge is 0.188 e. The van der Waals surface area contributed by atoms with E-state index in [2.05, 4.69) is 24.2 Å². The number of nitrogens with zero attached hydrogens (tertiary/aromatic N) is 1. The third-order valence-corrected chi connectivity index (χ3v) is 3.16. The molecule has 0 fully saturated rings. The fourth-order valence-corrected chi connectivity index (χ4v) is 1.77. The summed E-state index contributed by atoms with van der Waals surface area (Å²) in [6.07, 6.45) is 1.77.